The Balaban J connectivity index is 1.75. The van der Waals surface area contributed by atoms with Crippen LogP contribution in [0.1, 0.15) is 38.2 Å². The highest BCUT2D eigenvalue weighted by atomic mass is 16.5. The summed E-state index contributed by atoms with van der Waals surface area (Å²) in [6, 6.07) is 5.96. The first-order valence-corrected chi connectivity index (χ1v) is 9.50. The highest BCUT2D eigenvalue weighted by molar-refractivity contribution is 5.80. The Bertz CT molecular complexity index is 589. The predicted octanol–water partition coefficient (Wildman–Crippen LogP) is 3.29. The molecule has 2 atom stereocenters. The summed E-state index contributed by atoms with van der Waals surface area (Å²) in [5.41, 5.74) is 1.05. The van der Waals surface area contributed by atoms with Crippen molar-refractivity contribution >= 4 is 5.96 Å². The SMILES string of the molecule is CCNC(=NCc1cccc(OC)c1OC)N1CC2CCCCC2C1. The quantitative estimate of drug-likeness (QED) is 0.657. The van der Waals surface area contributed by atoms with Crippen LogP contribution in [0.2, 0.25) is 0 Å². The van der Waals surface area contributed by atoms with E-state index in [2.05, 4.69) is 23.2 Å². The molecule has 25 heavy (non-hydrogen) atoms. The van der Waals surface area contributed by atoms with Crippen LogP contribution in [0.25, 0.3) is 0 Å². The normalized spacial score (nSPS) is 23.3. The fraction of sp³-hybridized carbons (Fsp3) is 0.650. The van der Waals surface area contributed by atoms with Gasteiger partial charge in [0.15, 0.2) is 17.5 Å². The molecule has 0 aromatic heterocycles. The lowest BCUT2D eigenvalue weighted by molar-refractivity contribution is 0.299. The van der Waals surface area contributed by atoms with Gasteiger partial charge in [-0.25, -0.2) is 4.99 Å². The zero-order chi connectivity index (χ0) is 17.6. The van der Waals surface area contributed by atoms with Gasteiger partial charge >= 0.3 is 0 Å². The van der Waals surface area contributed by atoms with Gasteiger partial charge in [0.1, 0.15) is 0 Å². The maximum absolute atomic E-state index is 5.53. The molecule has 1 heterocycles. The Morgan fingerprint density at radius 3 is 2.48 bits per heavy atom. The van der Waals surface area contributed by atoms with Crippen LogP contribution in [-0.2, 0) is 6.54 Å². The summed E-state index contributed by atoms with van der Waals surface area (Å²) in [4.78, 5) is 7.36. The third kappa shape index (κ3) is 4.02. The van der Waals surface area contributed by atoms with E-state index in [0.717, 1.165) is 54.5 Å². The van der Waals surface area contributed by atoms with Gasteiger partial charge in [-0.05, 0) is 37.7 Å². The van der Waals surface area contributed by atoms with Crippen LogP contribution in [0.4, 0.5) is 0 Å². The number of para-hydroxylation sites is 1. The molecule has 5 nitrogen and oxygen atoms in total. The Kier molecular flexibility index (Phi) is 6.05. The van der Waals surface area contributed by atoms with Crippen molar-refractivity contribution < 1.29 is 9.47 Å². The third-order valence-electron chi connectivity index (χ3n) is 5.49. The van der Waals surface area contributed by atoms with Gasteiger partial charge in [0.2, 0.25) is 0 Å². The monoisotopic (exact) mass is 345 g/mol. The summed E-state index contributed by atoms with van der Waals surface area (Å²) >= 11 is 0. The van der Waals surface area contributed by atoms with Crippen LogP contribution in [0, 0.1) is 11.8 Å². The molecule has 1 saturated carbocycles. The molecule has 0 spiro atoms. The molecule has 1 saturated heterocycles. The van der Waals surface area contributed by atoms with E-state index < -0.39 is 0 Å². The lowest BCUT2D eigenvalue weighted by Gasteiger charge is -2.22. The van der Waals surface area contributed by atoms with E-state index in [4.69, 9.17) is 14.5 Å². The van der Waals surface area contributed by atoms with Gasteiger partial charge in [-0.1, -0.05) is 25.0 Å². The molecule has 1 N–H and O–H groups in total. The van der Waals surface area contributed by atoms with Crippen molar-refractivity contribution in [2.75, 3.05) is 33.9 Å². The van der Waals surface area contributed by atoms with Crippen molar-refractivity contribution in [3.05, 3.63) is 23.8 Å². The van der Waals surface area contributed by atoms with E-state index in [9.17, 15) is 0 Å². The lowest BCUT2D eigenvalue weighted by atomic mass is 9.82. The molecule has 1 aromatic carbocycles. The summed E-state index contributed by atoms with van der Waals surface area (Å²) in [6.45, 7) is 5.90. The van der Waals surface area contributed by atoms with E-state index in [-0.39, 0.29) is 0 Å². The zero-order valence-corrected chi connectivity index (χ0v) is 15.8. The van der Waals surface area contributed by atoms with Crippen molar-refractivity contribution in [3.63, 3.8) is 0 Å². The van der Waals surface area contributed by atoms with Gasteiger partial charge in [0.05, 0.1) is 20.8 Å². The Hall–Kier alpha value is -1.91. The fourth-order valence-electron chi connectivity index (χ4n) is 4.24. The molecule has 138 valence electrons. The van der Waals surface area contributed by atoms with E-state index in [1.54, 1.807) is 14.2 Å². The second-order valence-corrected chi connectivity index (χ2v) is 7.03. The van der Waals surface area contributed by atoms with Crippen molar-refractivity contribution in [2.45, 2.75) is 39.2 Å². The molecule has 3 rings (SSSR count). The number of ether oxygens (including phenoxy) is 2. The Labute approximate surface area is 151 Å². The van der Waals surface area contributed by atoms with Gasteiger partial charge in [0, 0.05) is 25.2 Å². The smallest absolute Gasteiger partial charge is 0.194 e. The second kappa shape index (κ2) is 8.45. The van der Waals surface area contributed by atoms with E-state index in [1.165, 1.54) is 25.7 Å². The highest BCUT2D eigenvalue weighted by Crippen LogP contribution is 2.36. The number of fused-ring (bicyclic) bond motifs is 1. The Morgan fingerprint density at radius 2 is 1.88 bits per heavy atom. The van der Waals surface area contributed by atoms with Crippen LogP contribution in [-0.4, -0.2) is 44.7 Å². The number of likely N-dealkylation sites (tertiary alicyclic amines) is 1. The number of hydrogen-bond acceptors (Lipinski definition) is 3. The summed E-state index contributed by atoms with van der Waals surface area (Å²) in [7, 11) is 3.35. The van der Waals surface area contributed by atoms with Crippen LogP contribution in [0.15, 0.2) is 23.2 Å². The largest absolute Gasteiger partial charge is 0.493 e. The lowest BCUT2D eigenvalue weighted by Crippen LogP contribution is -2.40. The summed E-state index contributed by atoms with van der Waals surface area (Å²) in [5, 5.41) is 3.47. The average molecular weight is 345 g/mol. The molecule has 1 aliphatic heterocycles. The topological polar surface area (TPSA) is 46.1 Å². The first kappa shape index (κ1) is 17.9. The Morgan fingerprint density at radius 1 is 1.16 bits per heavy atom. The first-order valence-electron chi connectivity index (χ1n) is 9.50. The number of guanidine groups is 1. The number of methoxy groups -OCH3 is 2. The molecule has 5 heteroatoms. The van der Waals surface area contributed by atoms with E-state index in [1.807, 2.05) is 12.1 Å². The van der Waals surface area contributed by atoms with Gasteiger partial charge in [-0.15, -0.1) is 0 Å². The van der Waals surface area contributed by atoms with Crippen molar-refractivity contribution in [1.82, 2.24) is 10.2 Å². The van der Waals surface area contributed by atoms with Crippen LogP contribution >= 0.6 is 0 Å². The first-order chi connectivity index (χ1) is 12.3. The van der Waals surface area contributed by atoms with Gasteiger partial charge in [-0.2, -0.15) is 0 Å². The minimum Gasteiger partial charge on any atom is -0.493 e. The minimum atomic E-state index is 0.592. The number of rotatable bonds is 5. The van der Waals surface area contributed by atoms with Crippen molar-refractivity contribution in [1.29, 1.82) is 0 Å². The molecule has 2 fully saturated rings. The zero-order valence-electron chi connectivity index (χ0n) is 15.8. The third-order valence-corrected chi connectivity index (χ3v) is 5.49. The molecule has 0 bridgehead atoms. The van der Waals surface area contributed by atoms with Crippen molar-refractivity contribution in [2.24, 2.45) is 16.8 Å². The minimum absolute atomic E-state index is 0.592. The van der Waals surface area contributed by atoms with Gasteiger partial charge in [0.25, 0.3) is 0 Å². The van der Waals surface area contributed by atoms with Crippen LogP contribution in [0.3, 0.4) is 0 Å². The molecular weight excluding hydrogens is 314 g/mol. The molecule has 0 radical (unpaired) electrons. The van der Waals surface area contributed by atoms with Crippen molar-refractivity contribution in [3.8, 4) is 11.5 Å². The van der Waals surface area contributed by atoms with E-state index in [0.29, 0.717) is 6.54 Å². The summed E-state index contributed by atoms with van der Waals surface area (Å²) in [6.07, 6.45) is 5.54. The molecule has 1 aromatic rings. The maximum atomic E-state index is 5.53. The molecule has 2 aliphatic rings. The molecule has 0 amide bonds. The molecular formula is C20H31N3O2. The number of hydrogen-bond donors (Lipinski definition) is 1. The number of aliphatic imine (C=N–C) groups is 1. The van der Waals surface area contributed by atoms with Crippen LogP contribution < -0.4 is 14.8 Å². The number of nitrogens with one attached hydrogen (secondary N) is 1. The molecule has 1 aliphatic carbocycles. The predicted molar refractivity (Wildman–Crippen MR) is 101 cm³/mol. The number of nitrogens with zero attached hydrogens (tertiary/aromatic N) is 2. The van der Waals surface area contributed by atoms with Gasteiger partial charge < -0.3 is 19.7 Å². The summed E-state index contributed by atoms with van der Waals surface area (Å²) in [5.74, 6) is 4.27. The number of benzene rings is 1. The fourth-order valence-corrected chi connectivity index (χ4v) is 4.24. The molecule has 2 unspecified atom stereocenters. The standard InChI is InChI=1S/C20H31N3O2/c1-4-21-20(23-13-16-8-5-6-9-17(16)14-23)22-12-15-10-7-11-18(24-2)19(15)25-3/h7,10-11,16-17H,4-6,8-9,12-14H2,1-3H3,(H,21,22). The van der Waals surface area contributed by atoms with E-state index >= 15 is 0 Å². The second-order valence-electron chi connectivity index (χ2n) is 7.03. The maximum Gasteiger partial charge on any atom is 0.194 e. The average Bonchev–Trinajstić information content (AvgIpc) is 3.08. The van der Waals surface area contributed by atoms with Crippen LogP contribution in [0.5, 0.6) is 11.5 Å². The van der Waals surface area contributed by atoms with Gasteiger partial charge in [-0.3, -0.25) is 0 Å². The summed E-state index contributed by atoms with van der Waals surface area (Å²) < 4.78 is 10.9. The highest BCUT2D eigenvalue weighted by Gasteiger charge is 2.35.